The van der Waals surface area contributed by atoms with Gasteiger partial charge in [0.2, 0.25) is 0 Å². The molecule has 1 aromatic carbocycles. The number of halogens is 1. The summed E-state index contributed by atoms with van der Waals surface area (Å²) in [7, 11) is 0. The van der Waals surface area contributed by atoms with Gasteiger partial charge in [-0.3, -0.25) is 4.79 Å². The lowest BCUT2D eigenvalue weighted by Gasteiger charge is -2.36. The second-order valence-corrected chi connectivity index (χ2v) is 12.5. The highest BCUT2D eigenvalue weighted by atomic mass is 35.5. The zero-order valence-electron chi connectivity index (χ0n) is 21.9. The molecule has 2 aromatic heterocycles. The zero-order chi connectivity index (χ0) is 27.0. The van der Waals surface area contributed by atoms with Crippen molar-refractivity contribution in [1.29, 1.82) is 0 Å². The van der Waals surface area contributed by atoms with Crippen molar-refractivity contribution in [3.8, 4) is 17.3 Å². The molecule has 3 aromatic rings. The van der Waals surface area contributed by atoms with Gasteiger partial charge in [0.15, 0.2) is 5.65 Å². The normalized spacial score (nSPS) is 21.8. The molecule has 1 aliphatic heterocycles. The zero-order valence-corrected chi connectivity index (χ0v) is 23.4. The van der Waals surface area contributed by atoms with Gasteiger partial charge in [0, 0.05) is 23.5 Å². The number of imidazole rings is 1. The maximum Gasteiger partial charge on any atom is 0.309 e. The molecule has 1 saturated carbocycles. The number of rotatable bonds is 7. The number of hydrogen-bond acceptors (Lipinski definition) is 6. The molecule has 5 rings (SSSR count). The Morgan fingerprint density at radius 1 is 1.18 bits per heavy atom. The van der Waals surface area contributed by atoms with Gasteiger partial charge in [-0.25, -0.2) is 4.98 Å². The number of aliphatic carboxylic acids is 1. The summed E-state index contributed by atoms with van der Waals surface area (Å²) in [4.78, 5) is 24.1. The Kier molecular flexibility index (Phi) is 7.73. The number of hydrogen-bond donors (Lipinski definition) is 2. The van der Waals surface area contributed by atoms with Gasteiger partial charge in [0.25, 0.3) is 6.01 Å². The van der Waals surface area contributed by atoms with E-state index in [1.165, 1.54) is 5.57 Å². The molecular formula is C28H33ClN4O4S. The maximum absolute atomic E-state index is 11.7. The van der Waals surface area contributed by atoms with Crippen LogP contribution in [0, 0.1) is 11.3 Å². The first-order chi connectivity index (χ1) is 18.1. The van der Waals surface area contributed by atoms with E-state index in [1.807, 2.05) is 22.5 Å². The third kappa shape index (κ3) is 5.57. The van der Waals surface area contributed by atoms with Crippen molar-refractivity contribution >= 4 is 45.7 Å². The van der Waals surface area contributed by atoms with Crippen molar-refractivity contribution in [1.82, 2.24) is 19.3 Å². The van der Waals surface area contributed by atoms with Crippen molar-refractivity contribution in [2.45, 2.75) is 52.1 Å². The Morgan fingerprint density at radius 3 is 2.47 bits per heavy atom. The molecule has 2 aliphatic rings. The van der Waals surface area contributed by atoms with E-state index in [0.717, 1.165) is 49.8 Å². The molecule has 202 valence electrons. The van der Waals surface area contributed by atoms with E-state index in [0.29, 0.717) is 34.4 Å². The molecule has 0 saturated heterocycles. The van der Waals surface area contributed by atoms with Crippen LogP contribution in [0.1, 0.15) is 51.5 Å². The van der Waals surface area contributed by atoms with Crippen molar-refractivity contribution in [2.24, 2.45) is 11.3 Å². The Hall–Kier alpha value is -2.59. The summed E-state index contributed by atoms with van der Waals surface area (Å²) in [5, 5.41) is 10.0. The molecule has 10 heteroatoms. The number of carboxylic acids is 1. The SMILES string of the molecule is C[S+]([O-])N1CC=C(c2ccc(-c3nc4nc(OC5CCC(C(C)(C)C(=O)O)CC5)[nH]c4cc3Cl)cc2)CC1. The van der Waals surface area contributed by atoms with E-state index in [4.69, 9.17) is 21.3 Å². The quantitative estimate of drug-likeness (QED) is 0.358. The number of nitrogens with one attached hydrogen (secondary N) is 1. The topological polar surface area (TPSA) is 114 Å². The fraction of sp³-hybridized carbons (Fsp3) is 0.464. The second kappa shape index (κ2) is 10.9. The Balaban J connectivity index is 1.27. The maximum atomic E-state index is 11.7. The fourth-order valence-electron chi connectivity index (χ4n) is 5.38. The van der Waals surface area contributed by atoms with Gasteiger partial charge in [-0.1, -0.05) is 41.9 Å². The number of carbonyl (C=O) groups is 1. The van der Waals surface area contributed by atoms with Crippen LogP contribution in [0.2, 0.25) is 5.02 Å². The minimum absolute atomic E-state index is 0.0163. The van der Waals surface area contributed by atoms with E-state index in [2.05, 4.69) is 28.2 Å². The van der Waals surface area contributed by atoms with Crippen LogP contribution in [0.3, 0.4) is 0 Å². The lowest BCUT2D eigenvalue weighted by atomic mass is 9.70. The fourth-order valence-corrected chi connectivity index (χ4v) is 6.27. The smallest absolute Gasteiger partial charge is 0.309 e. The van der Waals surface area contributed by atoms with E-state index in [-0.39, 0.29) is 12.0 Å². The van der Waals surface area contributed by atoms with Gasteiger partial charge < -0.3 is 19.4 Å². The predicted octanol–water partition coefficient (Wildman–Crippen LogP) is 5.71. The minimum atomic E-state index is -0.945. The molecule has 3 heterocycles. The summed E-state index contributed by atoms with van der Waals surface area (Å²) < 4.78 is 19.8. The van der Waals surface area contributed by atoms with Crippen molar-refractivity contribution in [3.05, 3.63) is 47.0 Å². The molecule has 1 unspecified atom stereocenters. The summed E-state index contributed by atoms with van der Waals surface area (Å²) in [5.41, 5.74) is 4.46. The van der Waals surface area contributed by atoms with E-state index < -0.39 is 22.7 Å². The number of aromatic nitrogens is 3. The number of fused-ring (bicyclic) bond motifs is 1. The van der Waals surface area contributed by atoms with Crippen LogP contribution >= 0.6 is 11.6 Å². The largest absolute Gasteiger partial charge is 0.598 e. The standard InChI is InChI=1S/C28H33ClN4O4S/c1-28(2,26(34)35)20-8-10-21(11-9-20)37-27-30-23-16-22(29)24(31-25(23)32-27)19-6-4-17(5-7-19)18-12-14-33(15-13-18)38(3)36/h4-7,12,16,20-21H,8-11,13-15H2,1-3H3,(H,34,35)(H,30,31,32). The monoisotopic (exact) mass is 556 g/mol. The number of nitrogens with zero attached hydrogens (tertiary/aromatic N) is 3. The van der Waals surface area contributed by atoms with Crippen LogP contribution < -0.4 is 4.74 Å². The van der Waals surface area contributed by atoms with Gasteiger partial charge in [0.1, 0.15) is 12.4 Å². The lowest BCUT2D eigenvalue weighted by molar-refractivity contribution is -0.151. The third-order valence-electron chi connectivity index (χ3n) is 7.99. The molecule has 1 aliphatic carbocycles. The number of carboxylic acid groups (broad SMARTS) is 1. The average Bonchev–Trinajstić information content (AvgIpc) is 3.29. The van der Waals surface area contributed by atoms with Crippen LogP contribution in [-0.4, -0.2) is 60.3 Å². The molecule has 0 radical (unpaired) electrons. The molecule has 0 bridgehead atoms. The van der Waals surface area contributed by atoms with Gasteiger partial charge >= 0.3 is 5.97 Å². The molecule has 8 nitrogen and oxygen atoms in total. The number of benzene rings is 1. The molecule has 38 heavy (non-hydrogen) atoms. The van der Waals surface area contributed by atoms with Gasteiger partial charge in [-0.2, -0.15) is 4.98 Å². The van der Waals surface area contributed by atoms with Crippen molar-refractivity contribution < 1.29 is 19.2 Å². The van der Waals surface area contributed by atoms with E-state index >= 15 is 0 Å². The first-order valence-corrected chi connectivity index (χ1v) is 14.9. The summed E-state index contributed by atoms with van der Waals surface area (Å²) in [6.45, 7) is 5.08. The van der Waals surface area contributed by atoms with Crippen LogP contribution in [-0.2, 0) is 16.2 Å². The molecule has 1 fully saturated rings. The van der Waals surface area contributed by atoms with Crippen LogP contribution in [0.25, 0.3) is 28.0 Å². The van der Waals surface area contributed by atoms with Crippen LogP contribution in [0.5, 0.6) is 6.01 Å². The summed E-state index contributed by atoms with van der Waals surface area (Å²) in [6.07, 6.45) is 7.89. The highest BCUT2D eigenvalue weighted by molar-refractivity contribution is 7.88. The number of H-pyrrole nitrogens is 1. The van der Waals surface area contributed by atoms with Crippen molar-refractivity contribution in [3.63, 3.8) is 0 Å². The van der Waals surface area contributed by atoms with Gasteiger partial charge in [-0.15, -0.1) is 4.31 Å². The number of aromatic amines is 1. The summed E-state index contributed by atoms with van der Waals surface area (Å²) in [5.74, 6) is -0.614. The second-order valence-electron chi connectivity index (χ2n) is 10.7. The first-order valence-electron chi connectivity index (χ1n) is 13.0. The third-order valence-corrected chi connectivity index (χ3v) is 9.34. The molecule has 0 amide bonds. The molecule has 1 atom stereocenters. The number of ether oxygens (including phenoxy) is 1. The lowest BCUT2D eigenvalue weighted by Crippen LogP contribution is -2.37. The number of pyridine rings is 1. The van der Waals surface area contributed by atoms with E-state index in [1.54, 1.807) is 20.1 Å². The summed E-state index contributed by atoms with van der Waals surface area (Å²) >= 11 is 5.67. The Bertz CT molecular complexity index is 1350. The average molecular weight is 557 g/mol. The Morgan fingerprint density at radius 2 is 1.87 bits per heavy atom. The molecular weight excluding hydrogens is 524 g/mol. The van der Waals surface area contributed by atoms with Crippen molar-refractivity contribution in [2.75, 3.05) is 19.3 Å². The minimum Gasteiger partial charge on any atom is -0.598 e. The highest BCUT2D eigenvalue weighted by Gasteiger charge is 2.39. The predicted molar refractivity (Wildman–Crippen MR) is 150 cm³/mol. The first kappa shape index (κ1) is 27.0. The van der Waals surface area contributed by atoms with E-state index in [9.17, 15) is 14.5 Å². The van der Waals surface area contributed by atoms with Gasteiger partial charge in [-0.05, 0) is 69.1 Å². The molecule has 0 spiro atoms. The molecule has 2 N–H and O–H groups in total. The summed E-state index contributed by atoms with van der Waals surface area (Å²) in [6, 6.07) is 10.4. The van der Waals surface area contributed by atoms with Crippen LogP contribution in [0.4, 0.5) is 0 Å². The van der Waals surface area contributed by atoms with Crippen LogP contribution in [0.15, 0.2) is 36.4 Å². The van der Waals surface area contributed by atoms with Gasteiger partial charge in [0.05, 0.1) is 28.2 Å². The Labute approximate surface area is 230 Å². The highest BCUT2D eigenvalue weighted by Crippen LogP contribution is 2.39.